The predicted octanol–water partition coefficient (Wildman–Crippen LogP) is 5.29. The van der Waals surface area contributed by atoms with Crippen molar-refractivity contribution in [3.63, 3.8) is 0 Å². The molecule has 0 saturated carbocycles. The van der Waals surface area contributed by atoms with E-state index in [0.717, 1.165) is 38.5 Å². The summed E-state index contributed by atoms with van der Waals surface area (Å²) < 4.78 is 25.9. The zero-order valence-corrected chi connectivity index (χ0v) is 34.2. The zero-order chi connectivity index (χ0) is 40.3. The van der Waals surface area contributed by atoms with Gasteiger partial charge in [0.1, 0.15) is 48.8 Å². The van der Waals surface area contributed by atoms with Gasteiger partial charge < -0.3 is 49.6 Å². The van der Waals surface area contributed by atoms with Gasteiger partial charge in [-0.25, -0.2) is 4.79 Å². The van der Waals surface area contributed by atoms with E-state index >= 15 is 0 Å². The van der Waals surface area contributed by atoms with Gasteiger partial charge in [-0.3, -0.25) is 9.13 Å². The first kappa shape index (κ1) is 46.8. The number of aromatic nitrogens is 2. The number of imidazole rings is 1. The summed E-state index contributed by atoms with van der Waals surface area (Å²) in [4.78, 5) is 14.0. The number of para-hydroxylation sites is 2. The van der Waals surface area contributed by atoms with E-state index < -0.39 is 67.1 Å². The minimum absolute atomic E-state index is 0.157. The van der Waals surface area contributed by atoms with Crippen LogP contribution in [0.3, 0.4) is 0 Å². The summed E-state index contributed by atoms with van der Waals surface area (Å²) in [6.45, 7) is 4.74. The van der Waals surface area contributed by atoms with Gasteiger partial charge in [-0.15, -0.1) is 0 Å². The number of nitrogens with zero attached hydrogens (tertiary/aromatic N) is 2. The van der Waals surface area contributed by atoms with E-state index in [2.05, 4.69) is 13.8 Å². The minimum Gasteiger partial charge on any atom is -0.388 e. The van der Waals surface area contributed by atoms with Gasteiger partial charge in [-0.1, -0.05) is 142 Å². The first-order valence-electron chi connectivity index (χ1n) is 22.0. The molecule has 0 spiro atoms. The average molecular weight is 795 g/mol. The van der Waals surface area contributed by atoms with Crippen LogP contribution in [-0.4, -0.2) is 114 Å². The number of hydrogen-bond donors (Lipinski definition) is 6. The summed E-state index contributed by atoms with van der Waals surface area (Å²) in [5.41, 5.74) is 0.525. The Balaban J connectivity index is 1.31. The summed E-state index contributed by atoms with van der Waals surface area (Å²) in [6, 6.07) is 7.01. The molecule has 3 heterocycles. The van der Waals surface area contributed by atoms with Gasteiger partial charge in [0, 0.05) is 13.2 Å². The van der Waals surface area contributed by atoms with Crippen molar-refractivity contribution < 1.29 is 49.6 Å². The van der Waals surface area contributed by atoms with Crippen molar-refractivity contribution in [2.24, 2.45) is 0 Å². The lowest BCUT2D eigenvalue weighted by molar-refractivity contribution is -0.292. The van der Waals surface area contributed by atoms with E-state index in [1.807, 2.05) is 0 Å². The van der Waals surface area contributed by atoms with Crippen LogP contribution >= 0.6 is 0 Å². The van der Waals surface area contributed by atoms with Gasteiger partial charge >= 0.3 is 5.69 Å². The molecule has 2 saturated heterocycles. The fraction of sp³-hybridized carbons (Fsp3) is 0.837. The van der Waals surface area contributed by atoms with Crippen molar-refractivity contribution in [2.45, 2.75) is 217 Å². The highest BCUT2D eigenvalue weighted by atomic mass is 16.7. The smallest absolute Gasteiger partial charge is 0.329 e. The Hall–Kier alpha value is -1.91. The van der Waals surface area contributed by atoms with Gasteiger partial charge in [0.05, 0.1) is 24.1 Å². The number of hydrogen-bond acceptors (Lipinski definition) is 11. The highest BCUT2D eigenvalue weighted by Gasteiger charge is 2.46. The molecule has 4 rings (SSSR count). The molecule has 56 heavy (non-hydrogen) atoms. The first-order chi connectivity index (χ1) is 27.2. The number of benzene rings is 1. The number of aliphatic hydroxyl groups excluding tert-OH is 6. The normalized spacial score (nSPS) is 28.4. The van der Waals surface area contributed by atoms with Crippen LogP contribution < -0.4 is 5.69 Å². The van der Waals surface area contributed by atoms with Crippen molar-refractivity contribution in [1.82, 2.24) is 9.13 Å². The Morgan fingerprint density at radius 1 is 0.500 bits per heavy atom. The molecule has 2 aliphatic rings. The molecule has 13 heteroatoms. The van der Waals surface area contributed by atoms with E-state index in [-0.39, 0.29) is 13.1 Å². The maximum absolute atomic E-state index is 14.0. The van der Waals surface area contributed by atoms with Crippen LogP contribution in [0.15, 0.2) is 29.1 Å². The second-order valence-electron chi connectivity index (χ2n) is 16.1. The van der Waals surface area contributed by atoms with E-state index in [0.29, 0.717) is 24.2 Å². The topological polar surface area (TPSA) is 185 Å². The Bertz CT molecular complexity index is 1300. The quantitative estimate of drug-likeness (QED) is 0.0615. The van der Waals surface area contributed by atoms with Crippen LogP contribution in [0, 0.1) is 0 Å². The van der Waals surface area contributed by atoms with Crippen molar-refractivity contribution in [2.75, 3.05) is 13.2 Å². The summed E-state index contributed by atoms with van der Waals surface area (Å²) in [5, 5.41) is 65.2. The van der Waals surface area contributed by atoms with Gasteiger partial charge in [0.25, 0.3) is 0 Å². The largest absolute Gasteiger partial charge is 0.388 e. The summed E-state index contributed by atoms with van der Waals surface area (Å²) in [6.07, 6.45) is 9.95. The number of aliphatic hydroxyl groups is 6. The number of unbranched alkanes of at least 4 members (excludes halogenated alkanes) is 18. The van der Waals surface area contributed by atoms with Crippen LogP contribution in [0.25, 0.3) is 11.0 Å². The van der Waals surface area contributed by atoms with Gasteiger partial charge in [0.15, 0.2) is 12.6 Å². The number of ether oxygens (including phenoxy) is 4. The molecule has 1 aromatic heterocycles. The Kier molecular flexibility index (Phi) is 21.3. The molecule has 0 aliphatic carbocycles. The molecule has 0 unspecified atom stereocenters. The standard InChI is InChI=1S/C43H74N2O11/c1-3-5-7-9-11-13-15-17-19-23-27-53-39-35(46)33(55-41(50)37(39)48)29-44-31-25-21-22-26-32(31)45(43(44)52)30-34-36(47)40(38(49)42(51)56-34)54-28-24-20-18-16-14-12-10-8-6-4-2/h21-22,25-26,33-42,46-51H,3-20,23-24,27-30H2,1-2H3/t33-,34+,35-,36+,37+,38-,39+,40-,41-,42+. The van der Waals surface area contributed by atoms with Crippen LogP contribution in [-0.2, 0) is 32.0 Å². The summed E-state index contributed by atoms with van der Waals surface area (Å²) in [7, 11) is 0. The van der Waals surface area contributed by atoms with Crippen molar-refractivity contribution in [3.8, 4) is 0 Å². The van der Waals surface area contributed by atoms with Crippen LogP contribution in [0.1, 0.15) is 142 Å². The Labute approximate surface area is 333 Å². The second-order valence-corrected chi connectivity index (χ2v) is 16.1. The van der Waals surface area contributed by atoms with Gasteiger partial charge in [0.2, 0.25) is 0 Å². The number of rotatable bonds is 28. The molecule has 10 atom stereocenters. The third-order valence-corrected chi connectivity index (χ3v) is 11.6. The zero-order valence-electron chi connectivity index (χ0n) is 34.2. The van der Waals surface area contributed by atoms with E-state index in [9.17, 15) is 35.4 Å². The van der Waals surface area contributed by atoms with E-state index in [1.165, 1.54) is 99.0 Å². The van der Waals surface area contributed by atoms with E-state index in [4.69, 9.17) is 18.9 Å². The monoisotopic (exact) mass is 795 g/mol. The predicted molar refractivity (Wildman–Crippen MR) is 215 cm³/mol. The van der Waals surface area contributed by atoms with E-state index in [1.54, 1.807) is 24.3 Å². The molecule has 13 nitrogen and oxygen atoms in total. The lowest BCUT2D eigenvalue weighted by Crippen LogP contribution is -2.60. The highest BCUT2D eigenvalue weighted by Crippen LogP contribution is 2.28. The fourth-order valence-electron chi connectivity index (χ4n) is 8.13. The molecule has 322 valence electrons. The van der Waals surface area contributed by atoms with Gasteiger partial charge in [-0.05, 0) is 25.0 Å². The molecule has 0 amide bonds. The third kappa shape index (κ3) is 13.8. The van der Waals surface area contributed by atoms with Crippen LogP contribution in [0.5, 0.6) is 0 Å². The minimum atomic E-state index is -1.62. The molecule has 1 aromatic carbocycles. The second kappa shape index (κ2) is 25.5. The summed E-state index contributed by atoms with van der Waals surface area (Å²) >= 11 is 0. The fourth-order valence-corrected chi connectivity index (χ4v) is 8.13. The lowest BCUT2D eigenvalue weighted by Gasteiger charge is -2.40. The molecule has 6 N–H and O–H groups in total. The summed E-state index contributed by atoms with van der Waals surface area (Å²) in [5.74, 6) is 0. The average Bonchev–Trinajstić information content (AvgIpc) is 3.45. The molecule has 2 fully saturated rings. The van der Waals surface area contributed by atoms with Gasteiger partial charge in [-0.2, -0.15) is 0 Å². The van der Waals surface area contributed by atoms with Crippen molar-refractivity contribution >= 4 is 11.0 Å². The van der Waals surface area contributed by atoms with Crippen molar-refractivity contribution in [3.05, 3.63) is 34.7 Å². The number of fused-ring (bicyclic) bond motifs is 1. The first-order valence-corrected chi connectivity index (χ1v) is 22.0. The molecule has 2 aliphatic heterocycles. The Morgan fingerprint density at radius 2 is 0.821 bits per heavy atom. The highest BCUT2D eigenvalue weighted by molar-refractivity contribution is 5.76. The molecular formula is C43H74N2O11. The Morgan fingerprint density at radius 3 is 1.16 bits per heavy atom. The maximum atomic E-state index is 14.0. The molecule has 2 aromatic rings. The maximum Gasteiger partial charge on any atom is 0.329 e. The van der Waals surface area contributed by atoms with Crippen molar-refractivity contribution in [1.29, 1.82) is 0 Å². The SMILES string of the molecule is CCCCCCCCCCCCO[C@@H]1[C@@H](O)[C@H](Cn2c(=O)n(C[C@H]3O[C@@H](O)[C@@H](O)[C@@H](OCCCCCCCCCCCC)[C@@H]3O)c3ccccc32)O[C@H](O)[C@@H]1O. The van der Waals surface area contributed by atoms with Crippen LogP contribution in [0.2, 0.25) is 0 Å². The third-order valence-electron chi connectivity index (χ3n) is 11.6. The molecular weight excluding hydrogens is 720 g/mol. The molecule has 0 radical (unpaired) electrons. The lowest BCUT2D eigenvalue weighted by atomic mass is 9.98. The molecule has 0 bridgehead atoms. The van der Waals surface area contributed by atoms with Crippen LogP contribution in [0.4, 0.5) is 0 Å².